The van der Waals surface area contributed by atoms with Gasteiger partial charge in [0.15, 0.2) is 0 Å². The predicted octanol–water partition coefficient (Wildman–Crippen LogP) is 2.59. The molecule has 0 saturated heterocycles. The van der Waals surface area contributed by atoms with E-state index in [4.69, 9.17) is 11.6 Å². The van der Waals surface area contributed by atoms with Crippen LogP contribution in [0.2, 0.25) is 5.02 Å². The number of anilines is 1. The number of halogens is 1. The molecular formula is C9H14ClN3. The van der Waals surface area contributed by atoms with Gasteiger partial charge in [-0.1, -0.05) is 25.4 Å². The van der Waals surface area contributed by atoms with Crippen LogP contribution in [0.3, 0.4) is 0 Å². The summed E-state index contributed by atoms with van der Waals surface area (Å²) in [7, 11) is 0. The molecule has 1 heterocycles. The van der Waals surface area contributed by atoms with E-state index in [2.05, 4.69) is 29.1 Å². The van der Waals surface area contributed by atoms with Crippen LogP contribution in [-0.4, -0.2) is 16.5 Å². The van der Waals surface area contributed by atoms with E-state index in [-0.39, 0.29) is 0 Å². The number of aromatic nitrogens is 2. The molecule has 0 unspecified atom stereocenters. The molecule has 4 heteroatoms. The van der Waals surface area contributed by atoms with Crippen molar-refractivity contribution in [3.8, 4) is 0 Å². The van der Waals surface area contributed by atoms with Crippen LogP contribution >= 0.6 is 11.6 Å². The summed E-state index contributed by atoms with van der Waals surface area (Å²) >= 11 is 5.85. The molecule has 0 saturated carbocycles. The molecule has 72 valence electrons. The van der Waals surface area contributed by atoms with E-state index in [1.54, 1.807) is 6.20 Å². The average Bonchev–Trinajstić information content (AvgIpc) is 2.08. The zero-order valence-corrected chi connectivity index (χ0v) is 8.67. The van der Waals surface area contributed by atoms with Crippen molar-refractivity contribution in [1.82, 2.24) is 9.97 Å². The standard InChI is InChI=1S/C9H14ClN3/c1-7(2)3-4-12-9-8(10)5-11-6-13-9/h5-7H,3-4H2,1-2H3,(H,11,12,13). The summed E-state index contributed by atoms with van der Waals surface area (Å²) in [4.78, 5) is 7.83. The number of nitrogens with zero attached hydrogens (tertiary/aromatic N) is 2. The van der Waals surface area contributed by atoms with Crippen LogP contribution in [0.5, 0.6) is 0 Å². The Morgan fingerprint density at radius 1 is 1.54 bits per heavy atom. The Bertz CT molecular complexity index is 263. The molecule has 1 rings (SSSR count). The van der Waals surface area contributed by atoms with Gasteiger partial charge in [-0.25, -0.2) is 9.97 Å². The number of hydrogen-bond donors (Lipinski definition) is 1. The van der Waals surface area contributed by atoms with Crippen LogP contribution < -0.4 is 5.32 Å². The maximum absolute atomic E-state index is 5.85. The van der Waals surface area contributed by atoms with Crippen molar-refractivity contribution in [1.29, 1.82) is 0 Å². The lowest BCUT2D eigenvalue weighted by Gasteiger charge is -2.07. The lowest BCUT2D eigenvalue weighted by Crippen LogP contribution is -2.06. The van der Waals surface area contributed by atoms with Gasteiger partial charge in [0.05, 0.1) is 6.20 Å². The molecule has 1 N–H and O–H groups in total. The van der Waals surface area contributed by atoms with E-state index in [1.165, 1.54) is 6.33 Å². The Kier molecular flexibility index (Phi) is 3.96. The first kappa shape index (κ1) is 10.3. The Balaban J connectivity index is 2.41. The molecule has 13 heavy (non-hydrogen) atoms. The molecule has 0 radical (unpaired) electrons. The van der Waals surface area contributed by atoms with Crippen LogP contribution in [0.25, 0.3) is 0 Å². The Labute approximate surface area is 83.5 Å². The minimum atomic E-state index is 0.575. The zero-order valence-electron chi connectivity index (χ0n) is 7.92. The summed E-state index contributed by atoms with van der Waals surface area (Å²) in [6, 6.07) is 0. The number of hydrogen-bond acceptors (Lipinski definition) is 3. The molecule has 0 atom stereocenters. The van der Waals surface area contributed by atoms with Crippen molar-refractivity contribution < 1.29 is 0 Å². The van der Waals surface area contributed by atoms with Gasteiger partial charge in [0.25, 0.3) is 0 Å². The Morgan fingerprint density at radius 3 is 2.92 bits per heavy atom. The fourth-order valence-electron chi connectivity index (χ4n) is 0.922. The van der Waals surface area contributed by atoms with Gasteiger partial charge in [0.2, 0.25) is 0 Å². The van der Waals surface area contributed by atoms with Crippen molar-refractivity contribution in [2.24, 2.45) is 5.92 Å². The molecule has 0 aliphatic rings. The fraction of sp³-hybridized carbons (Fsp3) is 0.556. The first-order chi connectivity index (χ1) is 6.20. The van der Waals surface area contributed by atoms with Crippen LogP contribution in [0.4, 0.5) is 5.82 Å². The van der Waals surface area contributed by atoms with E-state index in [9.17, 15) is 0 Å². The summed E-state index contributed by atoms with van der Waals surface area (Å²) in [5.74, 6) is 1.41. The average molecular weight is 200 g/mol. The summed E-state index contributed by atoms with van der Waals surface area (Å²) in [5, 5.41) is 3.74. The molecule has 1 aromatic rings. The van der Waals surface area contributed by atoms with E-state index in [1.807, 2.05) is 0 Å². The fourth-order valence-corrected chi connectivity index (χ4v) is 1.09. The predicted molar refractivity (Wildman–Crippen MR) is 55.0 cm³/mol. The highest BCUT2D eigenvalue weighted by atomic mass is 35.5. The Morgan fingerprint density at radius 2 is 2.31 bits per heavy atom. The van der Waals surface area contributed by atoms with Gasteiger partial charge < -0.3 is 5.32 Å². The van der Waals surface area contributed by atoms with Gasteiger partial charge in [0.1, 0.15) is 17.2 Å². The topological polar surface area (TPSA) is 37.8 Å². The van der Waals surface area contributed by atoms with Crippen molar-refractivity contribution in [3.63, 3.8) is 0 Å². The maximum Gasteiger partial charge on any atom is 0.148 e. The highest BCUT2D eigenvalue weighted by Gasteiger charge is 2.00. The quantitative estimate of drug-likeness (QED) is 0.810. The second kappa shape index (κ2) is 5.02. The molecule has 0 aliphatic heterocycles. The van der Waals surface area contributed by atoms with Gasteiger partial charge in [-0.15, -0.1) is 0 Å². The highest BCUT2D eigenvalue weighted by Crippen LogP contribution is 2.16. The number of nitrogens with one attached hydrogen (secondary N) is 1. The minimum absolute atomic E-state index is 0.575. The van der Waals surface area contributed by atoms with E-state index in [0.717, 1.165) is 18.8 Å². The smallest absolute Gasteiger partial charge is 0.148 e. The zero-order chi connectivity index (χ0) is 9.68. The van der Waals surface area contributed by atoms with Gasteiger partial charge in [-0.05, 0) is 12.3 Å². The molecule has 0 amide bonds. The molecule has 0 aromatic carbocycles. The van der Waals surface area contributed by atoms with Gasteiger partial charge in [0, 0.05) is 6.54 Å². The lowest BCUT2D eigenvalue weighted by molar-refractivity contribution is 0.606. The first-order valence-corrected chi connectivity index (χ1v) is 4.77. The molecule has 0 fully saturated rings. The normalized spacial score (nSPS) is 10.5. The third-order valence-corrected chi connectivity index (χ3v) is 1.96. The Hall–Kier alpha value is -0.830. The van der Waals surface area contributed by atoms with Gasteiger partial charge >= 0.3 is 0 Å². The summed E-state index contributed by atoms with van der Waals surface area (Å²) in [6.07, 6.45) is 4.19. The second-order valence-corrected chi connectivity index (χ2v) is 3.74. The summed E-state index contributed by atoms with van der Waals surface area (Å²) in [5.41, 5.74) is 0. The summed E-state index contributed by atoms with van der Waals surface area (Å²) < 4.78 is 0. The largest absolute Gasteiger partial charge is 0.369 e. The van der Waals surface area contributed by atoms with E-state index < -0.39 is 0 Å². The van der Waals surface area contributed by atoms with E-state index >= 15 is 0 Å². The van der Waals surface area contributed by atoms with E-state index in [0.29, 0.717) is 10.9 Å². The van der Waals surface area contributed by atoms with Crippen LogP contribution in [-0.2, 0) is 0 Å². The first-order valence-electron chi connectivity index (χ1n) is 4.39. The van der Waals surface area contributed by atoms with Crippen molar-refractivity contribution in [3.05, 3.63) is 17.5 Å². The van der Waals surface area contributed by atoms with Crippen LogP contribution in [0, 0.1) is 5.92 Å². The van der Waals surface area contributed by atoms with Gasteiger partial charge in [-0.2, -0.15) is 0 Å². The van der Waals surface area contributed by atoms with Crippen molar-refractivity contribution in [2.45, 2.75) is 20.3 Å². The molecule has 3 nitrogen and oxygen atoms in total. The third-order valence-electron chi connectivity index (χ3n) is 1.68. The molecule has 0 aliphatic carbocycles. The maximum atomic E-state index is 5.85. The molecule has 0 spiro atoms. The lowest BCUT2D eigenvalue weighted by atomic mass is 10.1. The number of rotatable bonds is 4. The van der Waals surface area contributed by atoms with Crippen LogP contribution in [0.1, 0.15) is 20.3 Å². The van der Waals surface area contributed by atoms with Gasteiger partial charge in [-0.3, -0.25) is 0 Å². The van der Waals surface area contributed by atoms with Crippen molar-refractivity contribution >= 4 is 17.4 Å². The molecular weight excluding hydrogens is 186 g/mol. The van der Waals surface area contributed by atoms with Crippen LogP contribution in [0.15, 0.2) is 12.5 Å². The minimum Gasteiger partial charge on any atom is -0.369 e. The SMILES string of the molecule is CC(C)CCNc1ncncc1Cl. The molecule has 1 aromatic heterocycles. The summed E-state index contributed by atoms with van der Waals surface area (Å²) in [6.45, 7) is 5.26. The van der Waals surface area contributed by atoms with Crippen molar-refractivity contribution in [2.75, 3.05) is 11.9 Å². The monoisotopic (exact) mass is 199 g/mol. The highest BCUT2D eigenvalue weighted by molar-refractivity contribution is 6.32. The third kappa shape index (κ3) is 3.59. The molecule has 0 bridgehead atoms. The second-order valence-electron chi connectivity index (χ2n) is 3.33.